The molecule has 3 aliphatic heterocycles. The first kappa shape index (κ1) is 30.2. The van der Waals surface area contributed by atoms with Gasteiger partial charge >= 0.3 is 6.36 Å². The van der Waals surface area contributed by atoms with Gasteiger partial charge in [0.25, 0.3) is 0 Å². The van der Waals surface area contributed by atoms with Crippen molar-refractivity contribution in [3.05, 3.63) is 65.4 Å². The topological polar surface area (TPSA) is 99.6 Å². The normalized spacial score (nSPS) is 22.2. The lowest BCUT2D eigenvalue weighted by atomic mass is 9.93. The first-order valence-corrected chi connectivity index (χ1v) is 17.2. The summed E-state index contributed by atoms with van der Waals surface area (Å²) in [4.78, 5) is 3.61. The first-order valence-electron chi connectivity index (χ1n) is 13.6. The van der Waals surface area contributed by atoms with Crippen LogP contribution in [0.25, 0.3) is 0 Å². The van der Waals surface area contributed by atoms with Crippen molar-refractivity contribution in [2.24, 2.45) is 5.10 Å². The molecule has 5 rings (SSSR count). The van der Waals surface area contributed by atoms with Crippen LogP contribution in [0.5, 0.6) is 5.75 Å². The minimum atomic E-state index is -4.94. The Balaban J connectivity index is 1.59. The summed E-state index contributed by atoms with van der Waals surface area (Å²) in [6.45, 7) is 8.62. The Kier molecular flexibility index (Phi) is 7.98. The Morgan fingerprint density at radius 3 is 2.00 bits per heavy atom. The van der Waals surface area contributed by atoms with Crippen LogP contribution in [-0.4, -0.2) is 89.2 Å². The molecule has 0 aliphatic carbocycles. The molecule has 0 bridgehead atoms. The Labute approximate surface area is 244 Å². The van der Waals surface area contributed by atoms with Gasteiger partial charge in [-0.15, -0.1) is 13.2 Å². The number of halogens is 3. The van der Waals surface area contributed by atoms with Gasteiger partial charge in [-0.1, -0.05) is 18.7 Å². The lowest BCUT2D eigenvalue weighted by Gasteiger charge is -2.31. The zero-order chi connectivity index (χ0) is 30.4. The lowest BCUT2D eigenvalue weighted by molar-refractivity contribution is -0.274. The molecule has 0 N–H and O–H groups in total. The van der Waals surface area contributed by atoms with Gasteiger partial charge in [-0.2, -0.15) is 5.10 Å². The lowest BCUT2D eigenvalue weighted by Crippen LogP contribution is -2.40. The highest BCUT2D eigenvalue weighted by Crippen LogP contribution is 2.39. The van der Waals surface area contributed by atoms with Crippen LogP contribution in [0.4, 0.5) is 24.5 Å². The summed E-state index contributed by atoms with van der Waals surface area (Å²) < 4.78 is 92.9. The Hall–Kier alpha value is -3.26. The number of alkyl halides is 3. The summed E-state index contributed by atoms with van der Waals surface area (Å²) in [7, 11) is -6.31. The average Bonchev–Trinajstić information content (AvgIpc) is 3.03. The molecule has 3 heterocycles. The summed E-state index contributed by atoms with van der Waals surface area (Å²) in [6.07, 6.45) is -4.58. The maximum Gasteiger partial charge on any atom is 0.573 e. The van der Waals surface area contributed by atoms with Crippen molar-refractivity contribution in [2.45, 2.75) is 32.7 Å². The van der Waals surface area contributed by atoms with E-state index in [1.165, 1.54) is 6.07 Å². The van der Waals surface area contributed by atoms with E-state index in [9.17, 15) is 30.0 Å². The number of sulfone groups is 2. The van der Waals surface area contributed by atoms with Gasteiger partial charge < -0.3 is 14.5 Å². The van der Waals surface area contributed by atoms with Gasteiger partial charge in [-0.3, -0.25) is 5.01 Å². The van der Waals surface area contributed by atoms with Crippen LogP contribution >= 0.6 is 0 Å². The Bertz CT molecular complexity index is 1600. The monoisotopic (exact) mass is 626 g/mol. The SMILES string of the molecule is C=C(C)N1N=C(c2ccc(N3CCS(=O)(=O)CC3)cc2)c2cc(N3CCS(=O)(=O)CC3)c(OC(F)(F)F)cc2CC1C. The molecule has 228 valence electrons. The molecular formula is C28H33F3N4O5S2. The zero-order valence-corrected chi connectivity index (χ0v) is 25.0. The maximum absolute atomic E-state index is 13.5. The van der Waals surface area contributed by atoms with Crippen LogP contribution < -0.4 is 14.5 Å². The van der Waals surface area contributed by atoms with Crippen LogP contribution in [0.2, 0.25) is 0 Å². The molecule has 1 atom stereocenters. The van der Waals surface area contributed by atoms with E-state index in [0.29, 0.717) is 47.6 Å². The predicted molar refractivity (Wildman–Crippen MR) is 157 cm³/mol. The summed E-state index contributed by atoms with van der Waals surface area (Å²) in [5, 5.41) is 6.67. The second-order valence-corrected chi connectivity index (χ2v) is 15.5. The van der Waals surface area contributed by atoms with Gasteiger partial charge in [0.15, 0.2) is 25.4 Å². The fraction of sp³-hybridized carbons (Fsp3) is 0.464. The van der Waals surface area contributed by atoms with E-state index >= 15 is 0 Å². The third-order valence-corrected chi connectivity index (χ3v) is 11.0. The van der Waals surface area contributed by atoms with Crippen molar-refractivity contribution in [1.82, 2.24) is 5.01 Å². The smallest absolute Gasteiger partial charge is 0.404 e. The molecule has 2 saturated heterocycles. The van der Waals surface area contributed by atoms with Gasteiger partial charge in [0.2, 0.25) is 0 Å². The fourth-order valence-electron chi connectivity index (χ4n) is 5.55. The van der Waals surface area contributed by atoms with Crippen LogP contribution in [-0.2, 0) is 26.1 Å². The number of hydrogen-bond donors (Lipinski definition) is 0. The van der Waals surface area contributed by atoms with Crippen LogP contribution in [0.1, 0.15) is 30.5 Å². The molecule has 2 aromatic carbocycles. The van der Waals surface area contributed by atoms with Crippen LogP contribution in [0.3, 0.4) is 0 Å². The summed E-state index contributed by atoms with van der Waals surface area (Å²) in [5.41, 5.74) is 4.11. The standard InChI is InChI=1S/C28H33F3N4O5S2/c1-19(2)35-20(3)16-22-17-26(40-28(29,30)31)25(34-10-14-42(38,39)15-11-34)18-24(22)27(32-35)21-4-6-23(7-5-21)33-8-12-41(36,37)13-9-33/h4-7,17-18,20H,1,8-16H2,2-3H3. The van der Waals surface area contributed by atoms with E-state index in [1.54, 1.807) is 22.9 Å². The molecule has 42 heavy (non-hydrogen) atoms. The van der Waals surface area contributed by atoms with E-state index in [2.05, 4.69) is 11.3 Å². The highest BCUT2D eigenvalue weighted by molar-refractivity contribution is 7.91. The maximum atomic E-state index is 13.5. The minimum Gasteiger partial charge on any atom is -0.404 e. The quantitative estimate of drug-likeness (QED) is 0.497. The van der Waals surface area contributed by atoms with Crippen molar-refractivity contribution in [2.75, 3.05) is 59.0 Å². The number of benzene rings is 2. The first-order chi connectivity index (χ1) is 19.6. The number of ether oxygens (including phenoxy) is 1. The van der Waals surface area contributed by atoms with Crippen LogP contribution in [0, 0.1) is 0 Å². The third-order valence-electron chi connectivity index (χ3n) is 7.73. The second kappa shape index (κ2) is 11.1. The molecule has 3 aliphatic rings. The van der Waals surface area contributed by atoms with Crippen molar-refractivity contribution in [1.29, 1.82) is 0 Å². The number of allylic oxidation sites excluding steroid dienone is 1. The van der Waals surface area contributed by atoms with Crippen molar-refractivity contribution < 1.29 is 34.7 Å². The van der Waals surface area contributed by atoms with Crippen molar-refractivity contribution in [3.8, 4) is 5.75 Å². The average molecular weight is 627 g/mol. The van der Waals surface area contributed by atoms with Crippen molar-refractivity contribution >= 4 is 36.8 Å². The predicted octanol–water partition coefficient (Wildman–Crippen LogP) is 3.59. The van der Waals surface area contributed by atoms with Gasteiger partial charge in [-0.25, -0.2) is 16.8 Å². The highest BCUT2D eigenvalue weighted by Gasteiger charge is 2.35. The van der Waals surface area contributed by atoms with E-state index in [0.717, 1.165) is 5.69 Å². The van der Waals surface area contributed by atoms with Crippen LogP contribution in [0.15, 0.2) is 53.8 Å². The molecule has 0 saturated carbocycles. The molecule has 14 heteroatoms. The van der Waals surface area contributed by atoms with Gasteiger partial charge in [0.1, 0.15) is 0 Å². The molecule has 9 nitrogen and oxygen atoms in total. The fourth-order valence-corrected chi connectivity index (χ4v) is 7.95. The largest absolute Gasteiger partial charge is 0.573 e. The van der Waals surface area contributed by atoms with Gasteiger partial charge in [0, 0.05) is 48.7 Å². The summed E-state index contributed by atoms with van der Waals surface area (Å²) >= 11 is 0. The molecule has 2 fully saturated rings. The molecule has 1 unspecified atom stereocenters. The summed E-state index contributed by atoms with van der Waals surface area (Å²) in [5.74, 6) is -0.551. The summed E-state index contributed by atoms with van der Waals surface area (Å²) in [6, 6.07) is 10.3. The molecule has 0 aromatic heterocycles. The number of anilines is 2. The molecule has 0 spiro atoms. The number of rotatable bonds is 5. The second-order valence-electron chi connectivity index (χ2n) is 10.9. The van der Waals surface area contributed by atoms with E-state index in [1.807, 2.05) is 36.1 Å². The minimum absolute atomic E-state index is 0.0381. The van der Waals surface area contributed by atoms with E-state index in [-0.39, 0.29) is 53.6 Å². The number of nitrogens with zero attached hydrogens (tertiary/aromatic N) is 4. The van der Waals surface area contributed by atoms with E-state index in [4.69, 9.17) is 5.10 Å². The zero-order valence-electron chi connectivity index (χ0n) is 23.4. The van der Waals surface area contributed by atoms with Crippen molar-refractivity contribution in [3.63, 3.8) is 0 Å². The molecule has 0 amide bonds. The third kappa shape index (κ3) is 6.69. The van der Waals surface area contributed by atoms with E-state index < -0.39 is 26.0 Å². The Morgan fingerprint density at radius 1 is 0.929 bits per heavy atom. The molecular weight excluding hydrogens is 593 g/mol. The number of fused-ring (bicyclic) bond motifs is 1. The highest BCUT2D eigenvalue weighted by atomic mass is 32.2. The Morgan fingerprint density at radius 2 is 1.48 bits per heavy atom. The van der Waals surface area contributed by atoms with Gasteiger partial charge in [0.05, 0.1) is 40.5 Å². The molecule has 2 aromatic rings. The number of hydrogen-bond acceptors (Lipinski definition) is 9. The molecule has 0 radical (unpaired) electrons. The number of hydrazone groups is 1. The van der Waals surface area contributed by atoms with Gasteiger partial charge in [-0.05, 0) is 50.1 Å².